The molecule has 0 fully saturated rings. The molecule has 20 heavy (non-hydrogen) atoms. The number of halogens is 2. The van der Waals surface area contributed by atoms with Gasteiger partial charge >= 0.3 is 0 Å². The van der Waals surface area contributed by atoms with Gasteiger partial charge in [0, 0.05) is 10.4 Å². The summed E-state index contributed by atoms with van der Waals surface area (Å²) in [7, 11) is 3.20. The highest BCUT2D eigenvalue weighted by atomic mass is 79.9. The third-order valence-electron chi connectivity index (χ3n) is 3.13. The van der Waals surface area contributed by atoms with Gasteiger partial charge in [0.25, 0.3) is 0 Å². The van der Waals surface area contributed by atoms with Crippen molar-refractivity contribution in [1.29, 1.82) is 0 Å². The fourth-order valence-corrected chi connectivity index (χ4v) is 2.83. The van der Waals surface area contributed by atoms with E-state index in [4.69, 9.17) is 9.47 Å². The van der Waals surface area contributed by atoms with Gasteiger partial charge in [-0.25, -0.2) is 4.39 Å². The highest BCUT2D eigenvalue weighted by Crippen LogP contribution is 2.39. The Morgan fingerprint density at radius 3 is 2.45 bits per heavy atom. The molecule has 0 saturated carbocycles. The van der Waals surface area contributed by atoms with E-state index < -0.39 is 0 Å². The van der Waals surface area contributed by atoms with Gasteiger partial charge in [-0.1, -0.05) is 46.3 Å². The van der Waals surface area contributed by atoms with Crippen molar-refractivity contribution in [3.05, 3.63) is 59.4 Å². The van der Waals surface area contributed by atoms with E-state index in [-0.39, 0.29) is 10.6 Å². The lowest BCUT2D eigenvalue weighted by molar-refractivity contribution is 0.351. The highest BCUT2D eigenvalue weighted by molar-refractivity contribution is 9.09. The first-order valence-electron chi connectivity index (χ1n) is 6.25. The van der Waals surface area contributed by atoms with Crippen molar-refractivity contribution >= 4 is 15.9 Å². The number of hydrogen-bond donors (Lipinski definition) is 0. The van der Waals surface area contributed by atoms with Crippen LogP contribution < -0.4 is 9.47 Å². The Morgan fingerprint density at radius 1 is 1.05 bits per heavy atom. The van der Waals surface area contributed by atoms with Crippen LogP contribution in [0, 0.1) is 5.82 Å². The molecule has 0 aliphatic heterocycles. The van der Waals surface area contributed by atoms with Gasteiger partial charge in [-0.05, 0) is 24.1 Å². The molecular weight excluding hydrogens is 323 g/mol. The van der Waals surface area contributed by atoms with Crippen LogP contribution in [0.4, 0.5) is 4.39 Å². The molecule has 0 aliphatic rings. The zero-order valence-corrected chi connectivity index (χ0v) is 13.0. The van der Waals surface area contributed by atoms with Crippen LogP contribution in [0.1, 0.15) is 16.0 Å². The molecule has 0 spiro atoms. The third-order valence-corrected chi connectivity index (χ3v) is 3.94. The van der Waals surface area contributed by atoms with Gasteiger partial charge in [0.2, 0.25) is 0 Å². The monoisotopic (exact) mass is 338 g/mol. The summed E-state index contributed by atoms with van der Waals surface area (Å²) in [5, 5.41) is 0. The lowest BCUT2D eigenvalue weighted by Crippen LogP contribution is -2.02. The molecule has 0 N–H and O–H groups in total. The summed E-state index contributed by atoms with van der Waals surface area (Å²) in [6, 6.07) is 12.5. The lowest BCUT2D eigenvalue weighted by Gasteiger charge is -2.17. The second-order valence-corrected chi connectivity index (χ2v) is 5.45. The van der Waals surface area contributed by atoms with Gasteiger partial charge in [0.15, 0.2) is 11.5 Å². The third kappa shape index (κ3) is 3.12. The van der Waals surface area contributed by atoms with Crippen LogP contribution in [0.25, 0.3) is 0 Å². The minimum Gasteiger partial charge on any atom is -0.493 e. The Labute approximate surface area is 126 Å². The van der Waals surface area contributed by atoms with Crippen molar-refractivity contribution in [1.82, 2.24) is 0 Å². The van der Waals surface area contributed by atoms with E-state index in [2.05, 4.69) is 15.9 Å². The van der Waals surface area contributed by atoms with Crippen molar-refractivity contribution < 1.29 is 13.9 Å². The molecule has 4 heteroatoms. The van der Waals surface area contributed by atoms with Gasteiger partial charge in [-0.15, -0.1) is 0 Å². The quantitative estimate of drug-likeness (QED) is 0.746. The molecule has 0 amide bonds. The predicted molar refractivity (Wildman–Crippen MR) is 81.3 cm³/mol. The summed E-state index contributed by atoms with van der Waals surface area (Å²) in [6.07, 6.45) is 0.538. The number of benzene rings is 2. The lowest BCUT2D eigenvalue weighted by atomic mass is 10.0. The second-order valence-electron chi connectivity index (χ2n) is 4.35. The van der Waals surface area contributed by atoms with Crippen molar-refractivity contribution in [3.63, 3.8) is 0 Å². The van der Waals surface area contributed by atoms with E-state index in [0.717, 1.165) is 5.56 Å². The van der Waals surface area contributed by atoms with Crippen LogP contribution in [-0.4, -0.2) is 14.2 Å². The molecule has 0 aliphatic carbocycles. The Kier molecular flexibility index (Phi) is 5.01. The Balaban J connectivity index is 2.30. The number of rotatable bonds is 5. The van der Waals surface area contributed by atoms with Gasteiger partial charge in [0.1, 0.15) is 5.82 Å². The van der Waals surface area contributed by atoms with Crippen LogP contribution in [0.3, 0.4) is 0 Å². The fourth-order valence-electron chi connectivity index (χ4n) is 2.13. The molecule has 2 rings (SSSR count). The van der Waals surface area contributed by atoms with Gasteiger partial charge in [-0.3, -0.25) is 0 Å². The standard InChI is InChI=1S/C16H16BrFO2/c1-19-15-9-5-7-12(16(15)20-2)13(17)10-11-6-3-4-8-14(11)18/h3-9,13H,10H2,1-2H3. The molecule has 0 radical (unpaired) electrons. The molecule has 0 saturated heterocycles. The Morgan fingerprint density at radius 2 is 1.80 bits per heavy atom. The minimum absolute atomic E-state index is 0.0514. The summed E-state index contributed by atoms with van der Waals surface area (Å²) in [5.41, 5.74) is 1.61. The van der Waals surface area contributed by atoms with Crippen LogP contribution in [-0.2, 0) is 6.42 Å². The molecule has 0 bridgehead atoms. The van der Waals surface area contributed by atoms with Crippen molar-refractivity contribution in [3.8, 4) is 11.5 Å². The fraction of sp³-hybridized carbons (Fsp3) is 0.250. The molecule has 2 aromatic rings. The zero-order chi connectivity index (χ0) is 14.5. The van der Waals surface area contributed by atoms with Gasteiger partial charge in [-0.2, -0.15) is 0 Å². The van der Waals surface area contributed by atoms with Crippen molar-refractivity contribution in [2.75, 3.05) is 14.2 Å². The molecule has 0 heterocycles. The summed E-state index contributed by atoms with van der Waals surface area (Å²) < 4.78 is 24.4. The maximum atomic E-state index is 13.7. The molecule has 2 nitrogen and oxygen atoms in total. The first-order valence-corrected chi connectivity index (χ1v) is 7.17. The number of methoxy groups -OCH3 is 2. The maximum absolute atomic E-state index is 13.7. The predicted octanol–water partition coefficient (Wildman–Crippen LogP) is 4.52. The van der Waals surface area contributed by atoms with Gasteiger partial charge in [0.05, 0.1) is 14.2 Å². The number of para-hydroxylation sites is 1. The van der Waals surface area contributed by atoms with Gasteiger partial charge < -0.3 is 9.47 Å². The number of alkyl halides is 1. The summed E-state index contributed by atoms with van der Waals surface area (Å²) in [4.78, 5) is -0.0514. The second kappa shape index (κ2) is 6.75. The first kappa shape index (κ1) is 14.9. The van der Waals surface area contributed by atoms with E-state index in [1.807, 2.05) is 24.3 Å². The van der Waals surface area contributed by atoms with E-state index in [1.54, 1.807) is 26.4 Å². The number of ether oxygens (including phenoxy) is 2. The maximum Gasteiger partial charge on any atom is 0.165 e. The van der Waals surface area contributed by atoms with E-state index in [9.17, 15) is 4.39 Å². The van der Waals surface area contributed by atoms with Crippen molar-refractivity contribution in [2.45, 2.75) is 11.2 Å². The zero-order valence-electron chi connectivity index (χ0n) is 11.4. The summed E-state index contributed by atoms with van der Waals surface area (Å²) in [5.74, 6) is 1.15. The molecular formula is C16H16BrFO2. The van der Waals surface area contributed by atoms with Crippen LogP contribution in [0.5, 0.6) is 11.5 Å². The Bertz CT molecular complexity index is 586. The van der Waals surface area contributed by atoms with Crippen LogP contribution in [0.2, 0.25) is 0 Å². The molecule has 2 aromatic carbocycles. The molecule has 106 valence electrons. The molecule has 1 atom stereocenters. The van der Waals surface area contributed by atoms with E-state index in [1.165, 1.54) is 6.07 Å². The largest absolute Gasteiger partial charge is 0.493 e. The van der Waals surface area contributed by atoms with Crippen LogP contribution >= 0.6 is 15.9 Å². The van der Waals surface area contributed by atoms with E-state index >= 15 is 0 Å². The summed E-state index contributed by atoms with van der Waals surface area (Å²) >= 11 is 3.61. The average molecular weight is 339 g/mol. The normalized spacial score (nSPS) is 12.0. The summed E-state index contributed by atoms with van der Waals surface area (Å²) in [6.45, 7) is 0. The highest BCUT2D eigenvalue weighted by Gasteiger charge is 2.18. The average Bonchev–Trinajstić information content (AvgIpc) is 2.48. The Hall–Kier alpha value is -1.55. The molecule has 0 aromatic heterocycles. The van der Waals surface area contributed by atoms with Crippen molar-refractivity contribution in [2.24, 2.45) is 0 Å². The molecule has 1 unspecified atom stereocenters. The van der Waals surface area contributed by atoms with Crippen LogP contribution in [0.15, 0.2) is 42.5 Å². The SMILES string of the molecule is COc1cccc(C(Br)Cc2ccccc2F)c1OC. The van der Waals surface area contributed by atoms with E-state index in [0.29, 0.717) is 23.5 Å². The topological polar surface area (TPSA) is 18.5 Å². The minimum atomic E-state index is -0.196. The number of hydrogen-bond acceptors (Lipinski definition) is 2. The smallest absolute Gasteiger partial charge is 0.165 e. The first-order chi connectivity index (χ1) is 9.67.